The summed E-state index contributed by atoms with van der Waals surface area (Å²) < 4.78 is 8.18. The number of nitrogens with zero attached hydrogens (tertiary/aromatic N) is 2. The first kappa shape index (κ1) is 22.9. The number of fused-ring (bicyclic) bond motifs is 1. The fourth-order valence-corrected chi connectivity index (χ4v) is 4.27. The van der Waals surface area contributed by atoms with Crippen LogP contribution in [-0.2, 0) is 11.8 Å². The van der Waals surface area contributed by atoms with Crippen LogP contribution in [0.3, 0.4) is 0 Å². The zero-order valence-electron chi connectivity index (χ0n) is 17.4. The summed E-state index contributed by atoms with van der Waals surface area (Å²) in [7, 11) is 3.84. The van der Waals surface area contributed by atoms with Gasteiger partial charge in [0.2, 0.25) is 0 Å². The van der Waals surface area contributed by atoms with E-state index in [1.807, 2.05) is 12.1 Å². The first-order valence-corrected chi connectivity index (χ1v) is 10.7. The molecule has 0 fully saturated rings. The van der Waals surface area contributed by atoms with Gasteiger partial charge in [-0.3, -0.25) is 9.69 Å². The second-order valence-corrected chi connectivity index (χ2v) is 8.32. The molecule has 5 nitrogen and oxygen atoms in total. The summed E-state index contributed by atoms with van der Waals surface area (Å²) in [5, 5.41) is 12.2. The third kappa shape index (κ3) is 5.28. The number of likely N-dealkylation sites (N-methyl/N-ethyl adjacent to an activating group) is 1. The summed E-state index contributed by atoms with van der Waals surface area (Å²) in [4.78, 5) is 13.7. The van der Waals surface area contributed by atoms with Crippen molar-refractivity contribution in [3.8, 4) is 27.3 Å². The highest BCUT2D eigenvalue weighted by Crippen LogP contribution is 2.37. The average Bonchev–Trinajstić information content (AvgIpc) is 3.38. The lowest BCUT2D eigenvalue weighted by atomic mass is 10.0. The monoisotopic (exact) mass is 456 g/mol. The molecule has 31 heavy (non-hydrogen) atoms. The average molecular weight is 457 g/mol. The van der Waals surface area contributed by atoms with Crippen molar-refractivity contribution in [2.75, 3.05) is 26.7 Å². The van der Waals surface area contributed by atoms with Crippen molar-refractivity contribution in [1.82, 2.24) is 9.47 Å². The number of hydrogen-bond acceptors (Lipinski definition) is 4. The Bertz CT molecular complexity index is 1170. The molecule has 4 rings (SSSR count). The third-order valence-electron chi connectivity index (χ3n) is 5.12. The summed E-state index contributed by atoms with van der Waals surface area (Å²) in [5.74, 6) is -0.0267. The van der Waals surface area contributed by atoms with E-state index < -0.39 is 5.97 Å². The number of carboxylic acid groups (broad SMARTS) is 1. The molecule has 0 unspecified atom stereocenters. The minimum Gasteiger partial charge on any atom is -0.492 e. The number of benzene rings is 2. The molecule has 0 amide bonds. The molecule has 0 saturated carbocycles. The zero-order valence-corrected chi connectivity index (χ0v) is 19.1. The molecule has 0 aliphatic rings. The van der Waals surface area contributed by atoms with Crippen LogP contribution in [0.5, 0.6) is 5.75 Å². The van der Waals surface area contributed by atoms with E-state index >= 15 is 0 Å². The highest BCUT2D eigenvalue weighted by atomic mass is 35.5. The standard InChI is InChI=1S/C24H24N2O3S.ClH/c1-25(16-24(27)28)11-12-29-22-8-7-18(14-20(22)23-4-3-13-30-23)19-6-5-17-9-10-26(2)21(17)15-19;/h3-10,13-15H,11-12,16H2,1-2H3,(H,27,28);1H. The Hall–Kier alpha value is -2.80. The Morgan fingerprint density at radius 2 is 1.90 bits per heavy atom. The van der Waals surface area contributed by atoms with E-state index in [0.717, 1.165) is 27.3 Å². The quantitative estimate of drug-likeness (QED) is 0.386. The molecule has 0 spiro atoms. The molecule has 2 aromatic carbocycles. The molecule has 0 radical (unpaired) electrons. The van der Waals surface area contributed by atoms with Crippen LogP contribution in [0.15, 0.2) is 66.2 Å². The van der Waals surface area contributed by atoms with Crippen LogP contribution in [0.2, 0.25) is 0 Å². The summed E-state index contributed by atoms with van der Waals surface area (Å²) >= 11 is 1.68. The van der Waals surface area contributed by atoms with Crippen LogP contribution in [-0.4, -0.2) is 47.3 Å². The van der Waals surface area contributed by atoms with Gasteiger partial charge in [0.25, 0.3) is 0 Å². The Labute approximate surface area is 191 Å². The fourth-order valence-electron chi connectivity index (χ4n) is 3.52. The van der Waals surface area contributed by atoms with Crippen molar-refractivity contribution in [3.63, 3.8) is 0 Å². The van der Waals surface area contributed by atoms with Crippen LogP contribution in [0.1, 0.15) is 0 Å². The van der Waals surface area contributed by atoms with Crippen molar-refractivity contribution in [3.05, 3.63) is 66.2 Å². The predicted molar refractivity (Wildman–Crippen MR) is 130 cm³/mol. The lowest BCUT2D eigenvalue weighted by Gasteiger charge is -2.16. The zero-order chi connectivity index (χ0) is 21.1. The number of rotatable bonds is 8. The van der Waals surface area contributed by atoms with Crippen LogP contribution < -0.4 is 4.74 Å². The molecule has 4 aromatic rings. The molecule has 0 saturated heterocycles. The van der Waals surface area contributed by atoms with Gasteiger partial charge in [-0.15, -0.1) is 23.7 Å². The number of ether oxygens (including phenoxy) is 1. The highest BCUT2D eigenvalue weighted by molar-refractivity contribution is 7.13. The van der Waals surface area contributed by atoms with E-state index in [4.69, 9.17) is 9.84 Å². The maximum absolute atomic E-state index is 10.8. The van der Waals surface area contributed by atoms with Crippen molar-refractivity contribution in [2.45, 2.75) is 0 Å². The van der Waals surface area contributed by atoms with Crippen molar-refractivity contribution in [2.24, 2.45) is 7.05 Å². The number of aromatic nitrogens is 1. The number of aliphatic carboxylic acids is 1. The topological polar surface area (TPSA) is 54.7 Å². The molecule has 0 aliphatic carbocycles. The number of halogens is 1. The number of hydrogen-bond donors (Lipinski definition) is 1. The van der Waals surface area contributed by atoms with E-state index in [2.05, 4.69) is 65.7 Å². The minimum absolute atomic E-state index is 0. The molecule has 1 N–H and O–H groups in total. The van der Waals surface area contributed by atoms with Crippen molar-refractivity contribution >= 4 is 40.6 Å². The lowest BCUT2D eigenvalue weighted by molar-refractivity contribution is -0.138. The van der Waals surface area contributed by atoms with E-state index in [0.29, 0.717) is 13.2 Å². The summed E-state index contributed by atoms with van der Waals surface area (Å²) in [6.45, 7) is 0.973. The summed E-state index contributed by atoms with van der Waals surface area (Å²) in [6, 6.07) is 19.0. The highest BCUT2D eigenvalue weighted by Gasteiger charge is 2.12. The first-order chi connectivity index (χ1) is 14.5. The molecular formula is C24H25ClN2O3S. The van der Waals surface area contributed by atoms with Crippen LogP contribution >= 0.6 is 23.7 Å². The van der Waals surface area contributed by atoms with Crippen LogP contribution in [0.4, 0.5) is 0 Å². The van der Waals surface area contributed by atoms with Gasteiger partial charge in [-0.05, 0) is 59.3 Å². The normalized spacial score (nSPS) is 10.9. The van der Waals surface area contributed by atoms with Gasteiger partial charge in [-0.25, -0.2) is 0 Å². The van der Waals surface area contributed by atoms with Gasteiger partial charge in [0, 0.05) is 35.7 Å². The number of carbonyl (C=O) groups is 1. The van der Waals surface area contributed by atoms with Gasteiger partial charge in [0.15, 0.2) is 0 Å². The van der Waals surface area contributed by atoms with E-state index in [-0.39, 0.29) is 19.0 Å². The Morgan fingerprint density at radius 1 is 1.13 bits per heavy atom. The van der Waals surface area contributed by atoms with Gasteiger partial charge < -0.3 is 14.4 Å². The molecule has 0 bridgehead atoms. The Balaban J connectivity index is 0.00000272. The molecule has 7 heteroatoms. The molecule has 2 heterocycles. The van der Waals surface area contributed by atoms with Gasteiger partial charge >= 0.3 is 5.97 Å². The second-order valence-electron chi connectivity index (χ2n) is 7.37. The number of thiophene rings is 1. The predicted octanol–water partition coefficient (Wildman–Crippen LogP) is 5.39. The van der Waals surface area contributed by atoms with Gasteiger partial charge in [0.05, 0.1) is 6.54 Å². The van der Waals surface area contributed by atoms with E-state index in [9.17, 15) is 4.79 Å². The maximum Gasteiger partial charge on any atom is 0.317 e. The van der Waals surface area contributed by atoms with Gasteiger partial charge in [-0.2, -0.15) is 0 Å². The second kappa shape index (κ2) is 10.0. The first-order valence-electron chi connectivity index (χ1n) is 9.78. The summed E-state index contributed by atoms with van der Waals surface area (Å²) in [5.41, 5.74) is 4.55. The SMILES string of the molecule is CN(CCOc1ccc(-c2ccc3ccn(C)c3c2)cc1-c1cccs1)CC(=O)O.Cl. The van der Waals surface area contributed by atoms with Crippen LogP contribution in [0, 0.1) is 0 Å². The van der Waals surface area contributed by atoms with Gasteiger partial charge in [-0.1, -0.05) is 24.3 Å². The maximum atomic E-state index is 10.8. The Morgan fingerprint density at radius 3 is 2.65 bits per heavy atom. The number of aryl methyl sites for hydroxylation is 1. The Kier molecular flexibility index (Phi) is 7.38. The molecule has 162 valence electrons. The van der Waals surface area contributed by atoms with Crippen molar-refractivity contribution < 1.29 is 14.6 Å². The van der Waals surface area contributed by atoms with Gasteiger partial charge in [0.1, 0.15) is 12.4 Å². The van der Waals surface area contributed by atoms with Crippen molar-refractivity contribution in [1.29, 1.82) is 0 Å². The molecule has 2 aromatic heterocycles. The number of carboxylic acids is 1. The third-order valence-corrected chi connectivity index (χ3v) is 6.03. The molecule has 0 atom stereocenters. The summed E-state index contributed by atoms with van der Waals surface area (Å²) in [6.07, 6.45) is 2.07. The fraction of sp³-hybridized carbons (Fsp3) is 0.208. The smallest absolute Gasteiger partial charge is 0.317 e. The molecule has 0 aliphatic heterocycles. The largest absolute Gasteiger partial charge is 0.492 e. The molecular weight excluding hydrogens is 432 g/mol. The van der Waals surface area contributed by atoms with E-state index in [1.165, 1.54) is 10.9 Å². The lowest BCUT2D eigenvalue weighted by Crippen LogP contribution is -2.29. The van der Waals surface area contributed by atoms with Crippen LogP contribution in [0.25, 0.3) is 32.5 Å². The minimum atomic E-state index is -0.837. The van der Waals surface area contributed by atoms with E-state index in [1.54, 1.807) is 23.3 Å².